The van der Waals surface area contributed by atoms with Gasteiger partial charge >= 0.3 is 5.97 Å². The van der Waals surface area contributed by atoms with Crippen LogP contribution in [0.5, 0.6) is 11.5 Å². The number of allylic oxidation sites excluding steroid dienone is 1. The quantitative estimate of drug-likeness (QED) is 0.519. The number of anilines is 1. The summed E-state index contributed by atoms with van der Waals surface area (Å²) >= 11 is 0.863. The van der Waals surface area contributed by atoms with E-state index in [1.165, 1.54) is 21.3 Å². The summed E-state index contributed by atoms with van der Waals surface area (Å²) in [6.45, 7) is 3.79. The number of benzene rings is 2. The van der Waals surface area contributed by atoms with Crippen LogP contribution in [0.2, 0.25) is 0 Å². The van der Waals surface area contributed by atoms with Crippen molar-refractivity contribution in [3.05, 3.63) is 86.1 Å². The zero-order valence-electron chi connectivity index (χ0n) is 21.9. The highest BCUT2D eigenvalue weighted by atomic mass is 32.2. The first-order chi connectivity index (χ1) is 18.6. The number of esters is 1. The van der Waals surface area contributed by atoms with Crippen LogP contribution in [0.1, 0.15) is 22.6 Å². The summed E-state index contributed by atoms with van der Waals surface area (Å²) in [6, 6.07) is 12.6. The number of hydrogen-bond acceptors (Lipinski definition) is 9. The van der Waals surface area contributed by atoms with Crippen LogP contribution >= 0.6 is 11.8 Å². The molecule has 10 nitrogen and oxygen atoms in total. The number of nitrogens with one attached hydrogen (secondary N) is 1. The SMILES string of the molecule is COC(=O)C1=CC(=O)N2C(N)=C(C#N)[C@@H](c3ccc(OC)cc3OC)C(C(=O)Nc3ccc(C)cc3C)=C2S1. The molecule has 0 aromatic heterocycles. The van der Waals surface area contributed by atoms with Crippen molar-refractivity contribution in [2.45, 2.75) is 19.8 Å². The van der Waals surface area contributed by atoms with Crippen LogP contribution < -0.4 is 20.5 Å². The van der Waals surface area contributed by atoms with Crippen LogP contribution in [-0.2, 0) is 19.1 Å². The number of hydrogen-bond donors (Lipinski definition) is 2. The fraction of sp³-hybridized carbons (Fsp3) is 0.214. The monoisotopic (exact) mass is 546 g/mol. The van der Waals surface area contributed by atoms with Crippen LogP contribution in [-0.4, -0.2) is 44.0 Å². The van der Waals surface area contributed by atoms with Crippen LogP contribution in [0, 0.1) is 25.2 Å². The largest absolute Gasteiger partial charge is 0.497 e. The summed E-state index contributed by atoms with van der Waals surface area (Å²) in [7, 11) is 4.14. The number of carbonyl (C=O) groups is 3. The lowest BCUT2D eigenvalue weighted by molar-refractivity contribution is -0.135. The van der Waals surface area contributed by atoms with Gasteiger partial charge in [-0.05, 0) is 31.5 Å². The smallest absolute Gasteiger partial charge is 0.344 e. The summed E-state index contributed by atoms with van der Waals surface area (Å²) < 4.78 is 15.7. The molecule has 0 unspecified atom stereocenters. The van der Waals surface area contributed by atoms with Gasteiger partial charge in [0.05, 0.1) is 49.5 Å². The van der Waals surface area contributed by atoms with Crippen molar-refractivity contribution >= 4 is 35.2 Å². The van der Waals surface area contributed by atoms with Gasteiger partial charge in [-0.1, -0.05) is 35.5 Å². The number of rotatable bonds is 6. The fourth-order valence-corrected chi connectivity index (χ4v) is 5.59. The Balaban J connectivity index is 1.99. The van der Waals surface area contributed by atoms with E-state index in [-0.39, 0.29) is 26.9 Å². The maximum Gasteiger partial charge on any atom is 0.344 e. The molecule has 0 fully saturated rings. The summed E-state index contributed by atoms with van der Waals surface area (Å²) in [5, 5.41) is 13.2. The normalized spacial score (nSPS) is 16.7. The number of fused-ring (bicyclic) bond motifs is 1. The molecule has 2 aliphatic rings. The molecule has 3 N–H and O–H groups in total. The number of ether oxygens (including phenoxy) is 3. The Morgan fingerprint density at radius 1 is 1.10 bits per heavy atom. The van der Waals surface area contributed by atoms with Gasteiger partial charge in [-0.2, -0.15) is 5.26 Å². The van der Waals surface area contributed by atoms with Crippen LogP contribution in [0.15, 0.2) is 69.4 Å². The number of thioether (sulfide) groups is 1. The van der Waals surface area contributed by atoms with Crippen molar-refractivity contribution in [3.63, 3.8) is 0 Å². The van der Waals surface area contributed by atoms with E-state index < -0.39 is 23.7 Å². The average Bonchev–Trinajstić information content (AvgIpc) is 2.93. The number of amides is 2. The van der Waals surface area contributed by atoms with Crippen molar-refractivity contribution < 1.29 is 28.6 Å². The fourth-order valence-electron chi connectivity index (χ4n) is 4.46. The lowest BCUT2D eigenvalue weighted by Crippen LogP contribution is -2.42. The van der Waals surface area contributed by atoms with Crippen LogP contribution in [0.3, 0.4) is 0 Å². The van der Waals surface area contributed by atoms with Crippen molar-refractivity contribution in [3.8, 4) is 17.6 Å². The molecule has 2 aromatic carbocycles. The molecule has 2 heterocycles. The molecule has 4 rings (SSSR count). The average molecular weight is 547 g/mol. The molecule has 1 atom stereocenters. The van der Waals surface area contributed by atoms with E-state index in [0.717, 1.165) is 33.9 Å². The molecule has 11 heteroatoms. The predicted molar refractivity (Wildman–Crippen MR) is 145 cm³/mol. The van der Waals surface area contributed by atoms with Crippen molar-refractivity contribution in [1.82, 2.24) is 4.90 Å². The van der Waals surface area contributed by atoms with Gasteiger partial charge in [0.1, 0.15) is 22.2 Å². The van der Waals surface area contributed by atoms with Crippen molar-refractivity contribution in [2.75, 3.05) is 26.6 Å². The van der Waals surface area contributed by atoms with Gasteiger partial charge in [0, 0.05) is 23.4 Å². The van der Waals surface area contributed by atoms with Gasteiger partial charge in [0.15, 0.2) is 0 Å². The molecule has 39 heavy (non-hydrogen) atoms. The minimum atomic E-state index is -1.04. The van der Waals surface area contributed by atoms with Gasteiger partial charge in [-0.3, -0.25) is 14.5 Å². The minimum Gasteiger partial charge on any atom is -0.497 e. The van der Waals surface area contributed by atoms with Crippen LogP contribution in [0.25, 0.3) is 0 Å². The number of methoxy groups -OCH3 is 3. The molecule has 2 aliphatic heterocycles. The van der Waals surface area contributed by atoms with E-state index in [9.17, 15) is 19.6 Å². The Morgan fingerprint density at radius 2 is 1.85 bits per heavy atom. The van der Waals surface area contributed by atoms with Crippen LogP contribution in [0.4, 0.5) is 5.69 Å². The van der Waals surface area contributed by atoms with E-state index in [1.54, 1.807) is 24.3 Å². The number of nitrogens with zero attached hydrogens (tertiary/aromatic N) is 2. The number of aryl methyl sites for hydroxylation is 2. The topological polar surface area (TPSA) is 144 Å². The Labute approximate surface area is 229 Å². The maximum absolute atomic E-state index is 14.1. The summed E-state index contributed by atoms with van der Waals surface area (Å²) in [6.07, 6.45) is 1.07. The van der Waals surface area contributed by atoms with Crippen molar-refractivity contribution in [2.24, 2.45) is 5.73 Å². The first-order valence-corrected chi connectivity index (χ1v) is 12.5. The lowest BCUT2D eigenvalue weighted by atomic mass is 9.82. The highest BCUT2D eigenvalue weighted by Crippen LogP contribution is 2.50. The molecule has 0 aliphatic carbocycles. The zero-order valence-corrected chi connectivity index (χ0v) is 22.8. The molecular weight excluding hydrogens is 520 g/mol. The molecule has 2 amide bonds. The maximum atomic E-state index is 14.1. The van der Waals surface area contributed by atoms with Gasteiger partial charge < -0.3 is 25.3 Å². The first kappa shape index (κ1) is 27.3. The second kappa shape index (κ2) is 11.0. The van der Waals surface area contributed by atoms with Gasteiger partial charge in [0.2, 0.25) is 0 Å². The Morgan fingerprint density at radius 3 is 2.46 bits per heavy atom. The molecule has 0 saturated carbocycles. The number of carbonyl (C=O) groups excluding carboxylic acids is 3. The third-order valence-electron chi connectivity index (χ3n) is 6.34. The Kier molecular flexibility index (Phi) is 7.69. The van der Waals surface area contributed by atoms with E-state index in [1.807, 2.05) is 26.0 Å². The summed E-state index contributed by atoms with van der Waals surface area (Å²) in [5.41, 5.74) is 9.22. The third-order valence-corrected chi connectivity index (χ3v) is 7.44. The standard InChI is InChI=1S/C28H26N4O6S/c1-14-6-9-19(15(2)10-14)31-26(34)24-23(17-8-7-16(36-3)11-20(17)37-4)18(13-29)25(30)32-22(33)12-21(28(35)38-5)39-27(24)32/h6-12,23H,30H2,1-5H3,(H,31,34)/t23-/m1/s1. The highest BCUT2D eigenvalue weighted by molar-refractivity contribution is 8.07. The second-order valence-corrected chi connectivity index (χ2v) is 9.75. The predicted octanol–water partition coefficient (Wildman–Crippen LogP) is 3.59. The van der Waals surface area contributed by atoms with E-state index >= 15 is 0 Å². The highest BCUT2D eigenvalue weighted by Gasteiger charge is 2.44. The lowest BCUT2D eigenvalue weighted by Gasteiger charge is -2.37. The number of nitrogens with two attached hydrogens (primary N) is 1. The summed E-state index contributed by atoms with van der Waals surface area (Å²) in [5.74, 6) is -2.39. The third kappa shape index (κ3) is 4.94. The van der Waals surface area contributed by atoms with Gasteiger partial charge in [-0.25, -0.2) is 4.79 Å². The Hall–Kier alpha value is -4.69. The molecule has 0 radical (unpaired) electrons. The first-order valence-electron chi connectivity index (χ1n) is 11.7. The second-order valence-electron chi connectivity index (χ2n) is 8.72. The molecule has 0 bridgehead atoms. The Bertz CT molecular complexity index is 1530. The zero-order chi connectivity index (χ0) is 28.4. The van der Waals surface area contributed by atoms with E-state index in [0.29, 0.717) is 22.7 Å². The molecule has 0 spiro atoms. The minimum absolute atomic E-state index is 0.0285. The molecule has 200 valence electrons. The number of nitriles is 1. The van der Waals surface area contributed by atoms with E-state index in [2.05, 4.69) is 11.4 Å². The molecular formula is C28H26N4O6S. The van der Waals surface area contributed by atoms with E-state index in [4.69, 9.17) is 19.9 Å². The molecule has 2 aromatic rings. The van der Waals surface area contributed by atoms with Crippen molar-refractivity contribution in [1.29, 1.82) is 5.26 Å². The summed E-state index contributed by atoms with van der Waals surface area (Å²) in [4.78, 5) is 40.8. The molecule has 0 saturated heterocycles. The van der Waals surface area contributed by atoms with Gasteiger partial charge in [-0.15, -0.1) is 0 Å². The van der Waals surface area contributed by atoms with Gasteiger partial charge in [0.25, 0.3) is 11.8 Å².